The highest BCUT2D eigenvalue weighted by Gasteiger charge is 2.28. The third-order valence-corrected chi connectivity index (χ3v) is 4.69. The standard InChI is InChI=1S/C15H19N7O2S/c1-21(6-5-16)15(23)20-13-12-14(18-8-17-13)22(9-19-12)11-4-3-10(24-11)7-25-2/h8-11H,3-4,6-7H2,1-2H3,(H,17,18,20,23). The Kier molecular flexibility index (Phi) is 5.35. The molecule has 3 heterocycles. The molecule has 0 saturated carbocycles. The Morgan fingerprint density at radius 1 is 1.52 bits per heavy atom. The number of rotatable bonds is 5. The van der Waals surface area contributed by atoms with Crippen LogP contribution in [-0.4, -0.2) is 62.2 Å². The van der Waals surface area contributed by atoms with Crippen molar-refractivity contribution in [3.63, 3.8) is 0 Å². The van der Waals surface area contributed by atoms with Crippen LogP contribution in [0.2, 0.25) is 0 Å². The van der Waals surface area contributed by atoms with E-state index in [0.717, 1.165) is 18.6 Å². The molecule has 2 unspecified atom stereocenters. The molecule has 132 valence electrons. The molecule has 2 aromatic rings. The number of amides is 2. The van der Waals surface area contributed by atoms with Crippen LogP contribution in [0.1, 0.15) is 19.1 Å². The van der Waals surface area contributed by atoms with E-state index >= 15 is 0 Å². The zero-order chi connectivity index (χ0) is 17.8. The number of ether oxygens (including phenoxy) is 1. The second-order valence-electron chi connectivity index (χ2n) is 5.74. The van der Waals surface area contributed by atoms with Crippen LogP contribution < -0.4 is 5.32 Å². The lowest BCUT2D eigenvalue weighted by molar-refractivity contribution is 0.0154. The van der Waals surface area contributed by atoms with Crippen molar-refractivity contribution in [1.82, 2.24) is 24.4 Å². The van der Waals surface area contributed by atoms with Crippen molar-refractivity contribution in [2.75, 3.05) is 30.9 Å². The van der Waals surface area contributed by atoms with Crippen molar-refractivity contribution < 1.29 is 9.53 Å². The maximum absolute atomic E-state index is 12.1. The van der Waals surface area contributed by atoms with Crippen LogP contribution in [0.3, 0.4) is 0 Å². The zero-order valence-electron chi connectivity index (χ0n) is 14.0. The Labute approximate surface area is 149 Å². The smallest absolute Gasteiger partial charge is 0.323 e. The van der Waals surface area contributed by atoms with Crippen molar-refractivity contribution >= 4 is 34.8 Å². The fourth-order valence-corrected chi connectivity index (χ4v) is 3.35. The van der Waals surface area contributed by atoms with Gasteiger partial charge in [-0.05, 0) is 19.1 Å². The van der Waals surface area contributed by atoms with Crippen molar-refractivity contribution in [3.8, 4) is 6.07 Å². The van der Waals surface area contributed by atoms with Crippen LogP contribution in [0.15, 0.2) is 12.7 Å². The quantitative estimate of drug-likeness (QED) is 0.809. The van der Waals surface area contributed by atoms with Gasteiger partial charge in [0.05, 0.1) is 18.5 Å². The number of hydrogen-bond donors (Lipinski definition) is 1. The molecule has 0 aromatic carbocycles. The van der Waals surface area contributed by atoms with E-state index in [1.165, 1.54) is 18.3 Å². The summed E-state index contributed by atoms with van der Waals surface area (Å²) in [6.45, 7) is -0.0127. The number of aromatic nitrogens is 4. The largest absolute Gasteiger partial charge is 0.354 e. The van der Waals surface area contributed by atoms with Crippen molar-refractivity contribution in [3.05, 3.63) is 12.7 Å². The van der Waals surface area contributed by atoms with E-state index in [9.17, 15) is 4.79 Å². The summed E-state index contributed by atoms with van der Waals surface area (Å²) in [5, 5.41) is 11.3. The molecule has 3 rings (SSSR count). The highest BCUT2D eigenvalue weighted by atomic mass is 32.2. The molecule has 25 heavy (non-hydrogen) atoms. The molecule has 2 atom stereocenters. The van der Waals surface area contributed by atoms with E-state index < -0.39 is 6.03 Å². The fourth-order valence-electron chi connectivity index (χ4n) is 2.73. The van der Waals surface area contributed by atoms with E-state index in [4.69, 9.17) is 10.00 Å². The first kappa shape index (κ1) is 17.4. The van der Waals surface area contributed by atoms with Crippen molar-refractivity contribution in [2.24, 2.45) is 0 Å². The van der Waals surface area contributed by atoms with Crippen LogP contribution in [0.4, 0.5) is 10.6 Å². The molecule has 2 amide bonds. The first-order valence-electron chi connectivity index (χ1n) is 7.85. The number of carbonyl (C=O) groups excluding carboxylic acids is 1. The summed E-state index contributed by atoms with van der Waals surface area (Å²) in [6, 6.07) is 1.50. The molecular weight excluding hydrogens is 342 g/mol. The van der Waals surface area contributed by atoms with E-state index in [0.29, 0.717) is 17.0 Å². The number of nitriles is 1. The normalized spacial score (nSPS) is 19.7. The van der Waals surface area contributed by atoms with E-state index in [2.05, 4.69) is 26.5 Å². The molecular formula is C15H19N7O2S. The number of nitrogens with one attached hydrogen (secondary N) is 1. The van der Waals surface area contributed by atoms with Crippen LogP contribution in [0, 0.1) is 11.3 Å². The fraction of sp³-hybridized carbons (Fsp3) is 0.533. The van der Waals surface area contributed by atoms with Gasteiger partial charge in [0.1, 0.15) is 19.1 Å². The monoisotopic (exact) mass is 361 g/mol. The van der Waals surface area contributed by atoms with Crippen LogP contribution in [-0.2, 0) is 4.74 Å². The van der Waals surface area contributed by atoms with E-state index in [1.807, 2.05) is 10.6 Å². The highest BCUT2D eigenvalue weighted by Crippen LogP contribution is 2.32. The van der Waals surface area contributed by atoms with Gasteiger partial charge in [0.2, 0.25) is 0 Å². The Balaban J connectivity index is 1.81. The van der Waals surface area contributed by atoms with Gasteiger partial charge in [0.25, 0.3) is 0 Å². The van der Waals surface area contributed by atoms with Crippen molar-refractivity contribution in [1.29, 1.82) is 5.26 Å². The topological polar surface area (TPSA) is 109 Å². The summed E-state index contributed by atoms with van der Waals surface area (Å²) in [5.74, 6) is 1.28. The average molecular weight is 361 g/mol. The zero-order valence-corrected chi connectivity index (χ0v) is 14.9. The SMILES string of the molecule is CSCC1CCC(n2cnc3c(NC(=O)N(C)CC#N)ncnc32)O1. The number of fused-ring (bicyclic) bond motifs is 1. The molecule has 0 spiro atoms. The van der Waals surface area contributed by atoms with Crippen LogP contribution in [0.25, 0.3) is 11.2 Å². The number of hydrogen-bond acceptors (Lipinski definition) is 7. The van der Waals surface area contributed by atoms with Crippen LogP contribution >= 0.6 is 11.8 Å². The van der Waals surface area contributed by atoms with Gasteiger partial charge >= 0.3 is 6.03 Å². The van der Waals surface area contributed by atoms with Gasteiger partial charge in [-0.1, -0.05) is 0 Å². The second-order valence-corrected chi connectivity index (χ2v) is 6.65. The van der Waals surface area contributed by atoms with Crippen molar-refractivity contribution in [2.45, 2.75) is 25.2 Å². The molecule has 1 saturated heterocycles. The maximum Gasteiger partial charge on any atom is 0.323 e. The number of anilines is 1. The average Bonchev–Trinajstić information content (AvgIpc) is 3.22. The van der Waals surface area contributed by atoms with Gasteiger partial charge in [-0.3, -0.25) is 9.88 Å². The second kappa shape index (κ2) is 7.67. The molecule has 1 fully saturated rings. The lowest BCUT2D eigenvalue weighted by Gasteiger charge is -2.15. The molecule has 2 aromatic heterocycles. The molecule has 0 aliphatic carbocycles. The molecule has 1 aliphatic heterocycles. The Bertz CT molecular complexity index is 803. The predicted molar refractivity (Wildman–Crippen MR) is 94.1 cm³/mol. The minimum Gasteiger partial charge on any atom is -0.354 e. The third-order valence-electron chi connectivity index (χ3n) is 3.99. The summed E-state index contributed by atoms with van der Waals surface area (Å²) in [6.07, 6.45) is 7.13. The van der Waals surface area contributed by atoms with Gasteiger partial charge < -0.3 is 9.64 Å². The number of carbonyl (C=O) groups is 1. The van der Waals surface area contributed by atoms with Gasteiger partial charge in [0.15, 0.2) is 17.0 Å². The van der Waals surface area contributed by atoms with Gasteiger partial charge in [0, 0.05) is 12.8 Å². The summed E-state index contributed by atoms with van der Waals surface area (Å²) >= 11 is 1.77. The highest BCUT2D eigenvalue weighted by molar-refractivity contribution is 7.98. The molecule has 10 heteroatoms. The lowest BCUT2D eigenvalue weighted by atomic mass is 10.2. The Morgan fingerprint density at radius 3 is 3.12 bits per heavy atom. The summed E-state index contributed by atoms with van der Waals surface area (Å²) in [4.78, 5) is 26.1. The molecule has 1 aliphatic rings. The third kappa shape index (κ3) is 3.67. The first-order valence-corrected chi connectivity index (χ1v) is 9.24. The number of thioether (sulfide) groups is 1. The Hall–Kier alpha value is -2.38. The van der Waals surface area contributed by atoms with Gasteiger partial charge in [-0.25, -0.2) is 19.7 Å². The minimum atomic E-state index is -0.423. The van der Waals surface area contributed by atoms with E-state index in [-0.39, 0.29) is 18.9 Å². The number of nitrogens with zero attached hydrogens (tertiary/aromatic N) is 6. The first-order chi connectivity index (χ1) is 12.1. The Morgan fingerprint density at radius 2 is 2.36 bits per heavy atom. The summed E-state index contributed by atoms with van der Waals surface area (Å²) in [7, 11) is 1.54. The summed E-state index contributed by atoms with van der Waals surface area (Å²) in [5.41, 5.74) is 1.11. The predicted octanol–water partition coefficient (Wildman–Crippen LogP) is 1.85. The molecule has 9 nitrogen and oxygen atoms in total. The van der Waals surface area contributed by atoms with E-state index in [1.54, 1.807) is 18.1 Å². The lowest BCUT2D eigenvalue weighted by Crippen LogP contribution is -2.31. The summed E-state index contributed by atoms with van der Waals surface area (Å²) < 4.78 is 7.94. The van der Waals surface area contributed by atoms with Gasteiger partial charge in [-0.2, -0.15) is 17.0 Å². The number of imidazole rings is 1. The molecule has 0 radical (unpaired) electrons. The van der Waals surface area contributed by atoms with Crippen LogP contribution in [0.5, 0.6) is 0 Å². The maximum atomic E-state index is 12.1. The minimum absolute atomic E-state index is 0.0127. The number of urea groups is 1. The molecule has 0 bridgehead atoms. The molecule has 1 N–H and O–H groups in total. The van der Waals surface area contributed by atoms with Gasteiger partial charge in [-0.15, -0.1) is 0 Å².